The fourth-order valence-corrected chi connectivity index (χ4v) is 4.62. The van der Waals surface area contributed by atoms with Crippen molar-refractivity contribution in [3.05, 3.63) is 70.8 Å². The minimum Gasteiger partial charge on any atom is -0.465 e. The molecule has 0 radical (unpaired) electrons. The zero-order valence-corrected chi connectivity index (χ0v) is 15.9. The van der Waals surface area contributed by atoms with Crippen LogP contribution in [0, 0.1) is 6.92 Å². The average molecular weight is 369 g/mol. The van der Waals surface area contributed by atoms with Crippen LogP contribution >= 0.6 is 11.8 Å². The first-order valence-electron chi connectivity index (χ1n) is 8.75. The topological polar surface area (TPSA) is 46.6 Å². The molecule has 1 fully saturated rings. The van der Waals surface area contributed by atoms with Gasteiger partial charge in [-0.3, -0.25) is 4.79 Å². The molecule has 0 aromatic heterocycles. The number of ether oxygens (including phenoxy) is 1. The Labute approximate surface area is 158 Å². The monoisotopic (exact) mass is 369 g/mol. The minimum absolute atomic E-state index is 0.1000. The van der Waals surface area contributed by atoms with E-state index in [2.05, 4.69) is 31.2 Å². The van der Waals surface area contributed by atoms with Crippen molar-refractivity contribution in [2.24, 2.45) is 0 Å². The van der Waals surface area contributed by atoms with E-state index in [1.165, 1.54) is 18.2 Å². The summed E-state index contributed by atoms with van der Waals surface area (Å²) in [5.74, 6) is 0.304. The number of methoxy groups -OCH3 is 1. The quantitative estimate of drug-likeness (QED) is 0.764. The summed E-state index contributed by atoms with van der Waals surface area (Å²) in [5, 5.41) is 0.393. The highest BCUT2D eigenvalue weighted by Gasteiger charge is 2.26. The lowest BCUT2D eigenvalue weighted by Gasteiger charge is -2.21. The van der Waals surface area contributed by atoms with E-state index >= 15 is 0 Å². The van der Waals surface area contributed by atoms with E-state index in [0.29, 0.717) is 29.5 Å². The molecule has 3 rings (SSSR count). The fraction of sp³-hybridized carbons (Fsp3) is 0.333. The molecule has 1 aliphatic heterocycles. The molecule has 1 amide bonds. The second-order valence-corrected chi connectivity index (χ2v) is 7.64. The molecule has 1 heterocycles. The van der Waals surface area contributed by atoms with E-state index in [4.69, 9.17) is 4.74 Å². The average Bonchev–Trinajstić information content (AvgIpc) is 2.93. The van der Waals surface area contributed by atoms with Gasteiger partial charge in [0.25, 0.3) is 5.91 Å². The standard InChI is InChI=1S/C21H23NO3S/c1-15-7-3-4-8-16(15)19-11-12-22(13-14-26-19)20(23)17-9-5-6-10-18(17)21(24)25-2/h3-10,19H,11-14H2,1-2H3. The number of amides is 1. The zero-order valence-electron chi connectivity index (χ0n) is 15.1. The molecule has 2 aromatic carbocycles. The summed E-state index contributed by atoms with van der Waals surface area (Å²) in [6, 6.07) is 15.3. The van der Waals surface area contributed by atoms with Gasteiger partial charge in [0.1, 0.15) is 0 Å². The molecule has 26 heavy (non-hydrogen) atoms. The van der Waals surface area contributed by atoms with Gasteiger partial charge in [-0.05, 0) is 36.6 Å². The van der Waals surface area contributed by atoms with Crippen LogP contribution in [-0.2, 0) is 4.74 Å². The van der Waals surface area contributed by atoms with Crippen LogP contribution in [0.1, 0.15) is 43.5 Å². The van der Waals surface area contributed by atoms with Crippen molar-refractivity contribution in [2.75, 3.05) is 26.0 Å². The van der Waals surface area contributed by atoms with E-state index in [-0.39, 0.29) is 5.91 Å². The summed E-state index contributed by atoms with van der Waals surface area (Å²) in [7, 11) is 1.33. The molecule has 5 heteroatoms. The Morgan fingerprint density at radius 3 is 2.46 bits per heavy atom. The Bertz CT molecular complexity index is 805. The summed E-state index contributed by atoms with van der Waals surface area (Å²) < 4.78 is 4.81. The van der Waals surface area contributed by atoms with Gasteiger partial charge < -0.3 is 9.64 Å². The molecule has 4 nitrogen and oxygen atoms in total. The Hall–Kier alpha value is -2.27. The molecular formula is C21H23NO3S. The number of carbonyl (C=O) groups excluding carboxylic acids is 2. The first kappa shape index (κ1) is 18.5. The zero-order chi connectivity index (χ0) is 18.5. The molecule has 0 saturated carbocycles. The molecule has 136 valence electrons. The first-order valence-corrected chi connectivity index (χ1v) is 9.80. The van der Waals surface area contributed by atoms with Crippen molar-refractivity contribution in [1.82, 2.24) is 4.90 Å². The van der Waals surface area contributed by atoms with Crippen molar-refractivity contribution < 1.29 is 14.3 Å². The lowest BCUT2D eigenvalue weighted by atomic mass is 10.0. The van der Waals surface area contributed by atoms with Gasteiger partial charge >= 0.3 is 5.97 Å². The Balaban J connectivity index is 1.77. The summed E-state index contributed by atoms with van der Waals surface area (Å²) >= 11 is 1.90. The Morgan fingerprint density at radius 2 is 1.73 bits per heavy atom. The predicted octanol–water partition coefficient (Wildman–Crippen LogP) is 4.10. The van der Waals surface area contributed by atoms with Crippen LogP contribution in [0.15, 0.2) is 48.5 Å². The van der Waals surface area contributed by atoms with Crippen LogP contribution in [0.2, 0.25) is 0 Å². The van der Waals surface area contributed by atoms with Crippen LogP contribution in [0.3, 0.4) is 0 Å². The van der Waals surface area contributed by atoms with Crippen LogP contribution < -0.4 is 0 Å². The molecule has 0 aliphatic carbocycles. The summed E-state index contributed by atoms with van der Waals surface area (Å²) in [4.78, 5) is 26.8. The van der Waals surface area contributed by atoms with Gasteiger partial charge in [0.05, 0.1) is 18.2 Å². The molecule has 1 saturated heterocycles. The molecule has 0 bridgehead atoms. The normalized spacial score (nSPS) is 17.5. The van der Waals surface area contributed by atoms with Gasteiger partial charge in [-0.15, -0.1) is 0 Å². The van der Waals surface area contributed by atoms with E-state index in [1.54, 1.807) is 24.3 Å². The second-order valence-electron chi connectivity index (χ2n) is 6.33. The lowest BCUT2D eigenvalue weighted by Crippen LogP contribution is -2.34. The predicted molar refractivity (Wildman–Crippen MR) is 105 cm³/mol. The van der Waals surface area contributed by atoms with Crippen molar-refractivity contribution in [2.45, 2.75) is 18.6 Å². The maximum absolute atomic E-state index is 13.0. The maximum atomic E-state index is 13.0. The molecule has 1 atom stereocenters. The number of nitrogens with zero attached hydrogens (tertiary/aromatic N) is 1. The van der Waals surface area contributed by atoms with Gasteiger partial charge in [-0.1, -0.05) is 36.4 Å². The third-order valence-electron chi connectivity index (χ3n) is 4.73. The first-order chi connectivity index (χ1) is 12.6. The van der Waals surface area contributed by atoms with Gasteiger partial charge in [0, 0.05) is 24.1 Å². The van der Waals surface area contributed by atoms with Crippen molar-refractivity contribution in [3.63, 3.8) is 0 Å². The van der Waals surface area contributed by atoms with Crippen molar-refractivity contribution in [1.29, 1.82) is 0 Å². The van der Waals surface area contributed by atoms with E-state index < -0.39 is 5.97 Å². The Morgan fingerprint density at radius 1 is 1.04 bits per heavy atom. The van der Waals surface area contributed by atoms with E-state index in [1.807, 2.05) is 16.7 Å². The van der Waals surface area contributed by atoms with Crippen LogP contribution in [0.4, 0.5) is 0 Å². The summed E-state index contributed by atoms with van der Waals surface area (Å²) in [5.41, 5.74) is 3.38. The highest BCUT2D eigenvalue weighted by molar-refractivity contribution is 7.99. The van der Waals surface area contributed by atoms with Crippen LogP contribution in [0.5, 0.6) is 0 Å². The van der Waals surface area contributed by atoms with E-state index in [0.717, 1.165) is 12.2 Å². The molecule has 0 N–H and O–H groups in total. The third-order valence-corrected chi connectivity index (χ3v) is 6.04. The Kier molecular flexibility index (Phi) is 5.99. The fourth-order valence-electron chi connectivity index (χ4n) is 3.30. The number of aryl methyl sites for hydroxylation is 1. The molecule has 0 spiro atoms. The highest BCUT2D eigenvalue weighted by Crippen LogP contribution is 2.36. The van der Waals surface area contributed by atoms with Crippen molar-refractivity contribution in [3.8, 4) is 0 Å². The molecular weight excluding hydrogens is 346 g/mol. The number of rotatable bonds is 3. The summed E-state index contributed by atoms with van der Waals surface area (Å²) in [6.45, 7) is 3.50. The number of benzene rings is 2. The maximum Gasteiger partial charge on any atom is 0.338 e. The minimum atomic E-state index is -0.476. The van der Waals surface area contributed by atoms with E-state index in [9.17, 15) is 9.59 Å². The smallest absolute Gasteiger partial charge is 0.338 e. The molecule has 2 aromatic rings. The number of carbonyl (C=O) groups is 2. The van der Waals surface area contributed by atoms with Gasteiger partial charge in [-0.25, -0.2) is 4.79 Å². The number of esters is 1. The van der Waals surface area contributed by atoms with Crippen molar-refractivity contribution >= 4 is 23.6 Å². The SMILES string of the molecule is COC(=O)c1ccccc1C(=O)N1CCSC(c2ccccc2C)CC1. The summed E-state index contributed by atoms with van der Waals surface area (Å²) in [6.07, 6.45) is 0.904. The number of hydrogen-bond donors (Lipinski definition) is 0. The van der Waals surface area contributed by atoms with Crippen LogP contribution in [-0.4, -0.2) is 42.7 Å². The highest BCUT2D eigenvalue weighted by atomic mass is 32.2. The second kappa shape index (κ2) is 8.41. The number of hydrogen-bond acceptors (Lipinski definition) is 4. The lowest BCUT2D eigenvalue weighted by molar-refractivity contribution is 0.0590. The third kappa shape index (κ3) is 3.93. The molecule has 1 unspecified atom stereocenters. The van der Waals surface area contributed by atoms with Gasteiger partial charge in [0.2, 0.25) is 0 Å². The number of thioether (sulfide) groups is 1. The van der Waals surface area contributed by atoms with Gasteiger partial charge in [-0.2, -0.15) is 11.8 Å². The van der Waals surface area contributed by atoms with Gasteiger partial charge in [0.15, 0.2) is 0 Å². The largest absolute Gasteiger partial charge is 0.465 e. The van der Waals surface area contributed by atoms with Crippen LogP contribution in [0.25, 0.3) is 0 Å². The molecule has 1 aliphatic rings.